The summed E-state index contributed by atoms with van der Waals surface area (Å²) >= 11 is 0. The fraction of sp³-hybridized carbons (Fsp3) is 0.700. The summed E-state index contributed by atoms with van der Waals surface area (Å²) < 4.78 is 39.7. The van der Waals surface area contributed by atoms with Crippen LogP contribution in [0.3, 0.4) is 0 Å². The van der Waals surface area contributed by atoms with E-state index in [4.69, 9.17) is 5.14 Å². The van der Waals surface area contributed by atoms with Crippen molar-refractivity contribution in [2.45, 2.75) is 18.6 Å². The number of hydrogen-bond donors (Lipinski definition) is 1. The van der Waals surface area contributed by atoms with E-state index in [2.05, 4.69) is 5.10 Å². The lowest BCUT2D eigenvalue weighted by atomic mass is 10.0. The van der Waals surface area contributed by atoms with E-state index >= 15 is 0 Å². The summed E-state index contributed by atoms with van der Waals surface area (Å²) in [7, 11) is -0.535. The number of anilines is 1. The van der Waals surface area contributed by atoms with E-state index in [0.29, 0.717) is 18.8 Å². The van der Waals surface area contributed by atoms with Gasteiger partial charge in [-0.25, -0.2) is 9.53 Å². The molecule has 2 rings (SSSR count). The summed E-state index contributed by atoms with van der Waals surface area (Å²) in [5.41, 5.74) is 0.359. The van der Waals surface area contributed by atoms with Gasteiger partial charge in [0.15, 0.2) is 0 Å². The minimum absolute atomic E-state index is 0.135. The Morgan fingerprint density at radius 3 is 2.63 bits per heavy atom. The minimum Gasteiger partial charge on any atom is -0.301 e. The number of nitrogens with two attached hydrogens (primary N) is 1. The van der Waals surface area contributed by atoms with E-state index in [1.54, 1.807) is 25.2 Å². The summed E-state index contributed by atoms with van der Waals surface area (Å²) in [5.74, 6) is 0. The number of rotatable bonds is 3. The molecule has 7 nitrogen and oxygen atoms in total. The third-order valence-corrected chi connectivity index (χ3v) is 4.17. The van der Waals surface area contributed by atoms with Crippen LogP contribution < -0.4 is 9.44 Å². The number of halogens is 1. The van der Waals surface area contributed by atoms with Gasteiger partial charge in [-0.05, 0) is 7.05 Å². The highest BCUT2D eigenvalue weighted by molar-refractivity contribution is 7.90. The number of hydrogen-bond acceptors (Lipinski definition) is 4. The van der Waals surface area contributed by atoms with E-state index in [-0.39, 0.29) is 6.42 Å². The van der Waals surface area contributed by atoms with Gasteiger partial charge in [-0.15, -0.1) is 0 Å². The lowest BCUT2D eigenvalue weighted by Crippen LogP contribution is -2.54. The van der Waals surface area contributed by atoms with Crippen LogP contribution in [0.5, 0.6) is 0 Å². The molecule has 2 atom stereocenters. The topological polar surface area (TPSA) is 84.5 Å². The predicted octanol–water partition coefficient (Wildman–Crippen LogP) is -0.528. The van der Waals surface area contributed by atoms with Gasteiger partial charge in [-0.3, -0.25) is 8.99 Å². The smallest absolute Gasteiger partial charge is 0.299 e. The number of aryl methyl sites for hydroxylation is 1. The van der Waals surface area contributed by atoms with Gasteiger partial charge in [0.1, 0.15) is 6.17 Å². The van der Waals surface area contributed by atoms with E-state index in [0.717, 1.165) is 4.31 Å². The zero-order chi connectivity index (χ0) is 14.2. The van der Waals surface area contributed by atoms with Crippen LogP contribution in [0.2, 0.25) is 0 Å². The molecule has 1 aromatic rings. The first-order valence-corrected chi connectivity index (χ1v) is 7.41. The largest absolute Gasteiger partial charge is 0.301 e. The van der Waals surface area contributed by atoms with Gasteiger partial charge in [-0.1, -0.05) is 0 Å². The van der Waals surface area contributed by atoms with Crippen LogP contribution in [0, 0.1) is 0 Å². The predicted molar refractivity (Wildman–Crippen MR) is 69.6 cm³/mol. The number of piperidine rings is 1. The van der Waals surface area contributed by atoms with Crippen molar-refractivity contribution in [2.75, 3.05) is 24.4 Å². The second-order valence-electron chi connectivity index (χ2n) is 4.92. The Kier molecular flexibility index (Phi) is 3.79. The molecule has 19 heavy (non-hydrogen) atoms. The van der Waals surface area contributed by atoms with Crippen molar-refractivity contribution in [3.8, 4) is 0 Å². The molecule has 1 aromatic heterocycles. The Morgan fingerprint density at radius 2 is 2.16 bits per heavy atom. The fourth-order valence-corrected chi connectivity index (χ4v) is 3.43. The molecule has 0 unspecified atom stereocenters. The Bertz CT molecular complexity index is 536. The summed E-state index contributed by atoms with van der Waals surface area (Å²) in [6, 6.07) is -0.520. The van der Waals surface area contributed by atoms with Gasteiger partial charge >= 0.3 is 0 Å². The number of aromatic nitrogens is 2. The first kappa shape index (κ1) is 14.2. The zero-order valence-corrected chi connectivity index (χ0v) is 11.7. The molecular formula is C10H18FN5O2S. The molecule has 1 fully saturated rings. The second-order valence-corrected chi connectivity index (χ2v) is 6.34. The molecule has 0 radical (unpaired) electrons. The van der Waals surface area contributed by atoms with Gasteiger partial charge in [-0.2, -0.15) is 13.5 Å². The van der Waals surface area contributed by atoms with E-state index in [1.807, 2.05) is 0 Å². The van der Waals surface area contributed by atoms with Crippen molar-refractivity contribution in [3.63, 3.8) is 0 Å². The highest BCUT2D eigenvalue weighted by Crippen LogP contribution is 2.25. The fourth-order valence-electron chi connectivity index (χ4n) is 2.47. The Balaban J connectivity index is 2.33. The molecule has 0 aliphatic carbocycles. The van der Waals surface area contributed by atoms with Crippen LogP contribution in [-0.4, -0.2) is 55.4 Å². The average Bonchev–Trinajstić information content (AvgIpc) is 2.60. The highest BCUT2D eigenvalue weighted by atomic mass is 32.2. The third-order valence-electron chi connectivity index (χ3n) is 3.11. The first-order valence-electron chi connectivity index (χ1n) is 5.91. The van der Waals surface area contributed by atoms with E-state index in [9.17, 15) is 12.8 Å². The SMILES string of the molecule is CN1C[C@@H](F)C[C@@H](N(c2cnn(C)c2)S(N)(=O)=O)C1. The number of likely N-dealkylation sites (tertiary alicyclic amines) is 1. The van der Waals surface area contributed by atoms with Crippen LogP contribution in [0.1, 0.15) is 6.42 Å². The first-order chi connectivity index (χ1) is 8.77. The van der Waals surface area contributed by atoms with Gasteiger partial charge < -0.3 is 4.90 Å². The quantitative estimate of drug-likeness (QED) is 0.811. The van der Waals surface area contributed by atoms with Crippen molar-refractivity contribution in [1.82, 2.24) is 14.7 Å². The molecule has 2 heterocycles. The molecule has 0 saturated carbocycles. The van der Waals surface area contributed by atoms with Crippen LogP contribution in [0.25, 0.3) is 0 Å². The monoisotopic (exact) mass is 291 g/mol. The molecule has 0 amide bonds. The summed E-state index contributed by atoms with van der Waals surface area (Å²) in [6.45, 7) is 0.744. The highest BCUT2D eigenvalue weighted by Gasteiger charge is 2.35. The van der Waals surface area contributed by atoms with Crippen LogP contribution in [0.4, 0.5) is 10.1 Å². The summed E-state index contributed by atoms with van der Waals surface area (Å²) in [5, 5.41) is 9.19. The maximum Gasteiger partial charge on any atom is 0.299 e. The van der Waals surface area contributed by atoms with E-state index in [1.165, 1.54) is 10.9 Å². The Hall–Kier alpha value is -1.19. The standard InChI is InChI=1S/C10H18FN5O2S/c1-14-5-8(11)3-9(6-14)16(19(12,17)18)10-4-13-15(2)7-10/h4,7-9H,3,5-6H2,1-2H3,(H2,12,17,18)/t8-,9+/m0/s1. The van der Waals surface area contributed by atoms with E-state index < -0.39 is 22.4 Å². The molecule has 1 aliphatic heterocycles. The molecular weight excluding hydrogens is 273 g/mol. The molecule has 0 bridgehead atoms. The van der Waals surface area contributed by atoms with Crippen LogP contribution in [0.15, 0.2) is 12.4 Å². The third kappa shape index (κ3) is 3.23. The van der Waals surface area contributed by atoms with Gasteiger partial charge in [0.2, 0.25) is 0 Å². The second kappa shape index (κ2) is 5.06. The molecule has 1 saturated heterocycles. The van der Waals surface area contributed by atoms with Gasteiger partial charge in [0, 0.05) is 32.8 Å². The van der Waals surface area contributed by atoms with Gasteiger partial charge in [0.05, 0.1) is 17.9 Å². The molecule has 0 aromatic carbocycles. The van der Waals surface area contributed by atoms with Gasteiger partial charge in [0.25, 0.3) is 10.2 Å². The van der Waals surface area contributed by atoms with Crippen molar-refractivity contribution < 1.29 is 12.8 Å². The van der Waals surface area contributed by atoms with Crippen molar-refractivity contribution >= 4 is 15.9 Å². The zero-order valence-electron chi connectivity index (χ0n) is 10.9. The van der Waals surface area contributed by atoms with Crippen molar-refractivity contribution in [1.29, 1.82) is 0 Å². The molecule has 2 N–H and O–H groups in total. The normalized spacial score (nSPS) is 25.5. The summed E-state index contributed by atoms with van der Waals surface area (Å²) in [6.07, 6.45) is 2.03. The maximum atomic E-state index is 13.6. The maximum absolute atomic E-state index is 13.6. The molecule has 1 aliphatic rings. The average molecular weight is 291 g/mol. The molecule has 9 heteroatoms. The number of nitrogens with zero attached hydrogens (tertiary/aromatic N) is 4. The Labute approximate surface area is 112 Å². The Morgan fingerprint density at radius 1 is 1.47 bits per heavy atom. The summed E-state index contributed by atoms with van der Waals surface area (Å²) in [4.78, 5) is 1.76. The van der Waals surface area contributed by atoms with Crippen LogP contribution >= 0.6 is 0 Å². The van der Waals surface area contributed by atoms with Crippen LogP contribution in [-0.2, 0) is 17.3 Å². The van der Waals surface area contributed by atoms with Crippen molar-refractivity contribution in [3.05, 3.63) is 12.4 Å². The molecule has 108 valence electrons. The van der Waals surface area contributed by atoms with Crippen molar-refractivity contribution in [2.24, 2.45) is 12.2 Å². The lowest BCUT2D eigenvalue weighted by molar-refractivity contribution is 0.148. The minimum atomic E-state index is -3.96. The number of likely N-dealkylation sites (N-methyl/N-ethyl adjacent to an activating group) is 1. The number of alkyl halides is 1. The lowest BCUT2D eigenvalue weighted by Gasteiger charge is -2.38. The molecule has 0 spiro atoms.